The maximum absolute atomic E-state index is 13.5. The summed E-state index contributed by atoms with van der Waals surface area (Å²) in [6.45, 7) is 1.91. The number of aromatic carboxylic acids is 1. The molecule has 0 bridgehead atoms. The maximum Gasteiger partial charge on any atom is 0.338 e. The van der Waals surface area contributed by atoms with Crippen LogP contribution in [-0.2, 0) is 11.3 Å². The van der Waals surface area contributed by atoms with Gasteiger partial charge in [0.15, 0.2) is 0 Å². The van der Waals surface area contributed by atoms with Crippen LogP contribution in [0.4, 0.5) is 4.39 Å². The van der Waals surface area contributed by atoms with E-state index in [2.05, 4.69) is 4.90 Å². The number of piperidine rings is 1. The van der Waals surface area contributed by atoms with Gasteiger partial charge in [-0.15, -0.1) is 0 Å². The van der Waals surface area contributed by atoms with Crippen LogP contribution in [0.3, 0.4) is 0 Å². The summed E-state index contributed by atoms with van der Waals surface area (Å²) in [5.41, 5.74) is 0.416. The number of carboxylic acids is 1. The van der Waals surface area contributed by atoms with Crippen LogP contribution in [0.25, 0.3) is 0 Å². The molecule has 1 aromatic carbocycles. The highest BCUT2D eigenvalue weighted by molar-refractivity contribution is 5.87. The number of likely N-dealkylation sites (tertiary alicyclic amines) is 1. The molecule has 1 aromatic rings. The highest BCUT2D eigenvalue weighted by Crippen LogP contribution is 2.15. The molecule has 4 nitrogen and oxygen atoms in total. The predicted molar refractivity (Wildman–Crippen MR) is 62.9 cm³/mol. The number of hydrogen-bond acceptors (Lipinski definition) is 3. The summed E-state index contributed by atoms with van der Waals surface area (Å²) in [5.74, 6) is -1.71. The summed E-state index contributed by atoms with van der Waals surface area (Å²) in [7, 11) is 0. The first kappa shape index (κ1) is 12.7. The standard InChI is InChI=1S/C13H14FNO3/c14-12-7-9(1-2-11(12)13(17)18)8-15-5-3-10(16)4-6-15/h1-2,7H,3-6,8H2,(H,17,18). The molecule has 0 atom stereocenters. The van der Waals surface area contributed by atoms with E-state index >= 15 is 0 Å². The summed E-state index contributed by atoms with van der Waals surface area (Å²) in [6, 6.07) is 4.14. The minimum absolute atomic E-state index is 0.263. The average Bonchev–Trinajstić information content (AvgIpc) is 2.32. The van der Waals surface area contributed by atoms with E-state index in [1.807, 2.05) is 0 Å². The molecule has 0 aliphatic carbocycles. The molecule has 2 rings (SSSR count). The van der Waals surface area contributed by atoms with Gasteiger partial charge in [0, 0.05) is 32.5 Å². The first-order chi connectivity index (χ1) is 8.56. The molecule has 0 unspecified atom stereocenters. The molecular formula is C13H14FNO3. The van der Waals surface area contributed by atoms with Crippen LogP contribution in [-0.4, -0.2) is 34.8 Å². The first-order valence-electron chi connectivity index (χ1n) is 5.82. The maximum atomic E-state index is 13.5. The Labute approximate surface area is 104 Å². The van der Waals surface area contributed by atoms with Gasteiger partial charge in [-0.25, -0.2) is 9.18 Å². The number of rotatable bonds is 3. The van der Waals surface area contributed by atoms with E-state index < -0.39 is 11.8 Å². The molecule has 0 aromatic heterocycles. The second kappa shape index (κ2) is 5.27. The Kier molecular flexibility index (Phi) is 3.72. The van der Waals surface area contributed by atoms with Crippen molar-refractivity contribution in [3.63, 3.8) is 0 Å². The zero-order valence-corrected chi connectivity index (χ0v) is 9.86. The lowest BCUT2D eigenvalue weighted by molar-refractivity contribution is -0.121. The third-order valence-corrected chi connectivity index (χ3v) is 3.08. The third kappa shape index (κ3) is 2.92. The molecule has 1 fully saturated rings. The van der Waals surface area contributed by atoms with Crippen molar-refractivity contribution in [1.29, 1.82) is 0 Å². The lowest BCUT2D eigenvalue weighted by atomic mass is 10.1. The van der Waals surface area contributed by atoms with Crippen LogP contribution >= 0.6 is 0 Å². The molecule has 0 amide bonds. The van der Waals surface area contributed by atoms with Gasteiger partial charge in [-0.3, -0.25) is 9.69 Å². The van der Waals surface area contributed by atoms with E-state index in [0.29, 0.717) is 32.5 Å². The Hall–Kier alpha value is -1.75. The Balaban J connectivity index is 2.04. The van der Waals surface area contributed by atoms with Gasteiger partial charge in [0.05, 0.1) is 5.56 Å². The summed E-state index contributed by atoms with van der Waals surface area (Å²) in [4.78, 5) is 23.8. The van der Waals surface area contributed by atoms with Crippen molar-refractivity contribution in [2.75, 3.05) is 13.1 Å². The number of Topliss-reactive ketones (excluding diaryl/α,β-unsaturated/α-hetero) is 1. The molecular weight excluding hydrogens is 237 g/mol. The molecule has 0 saturated carbocycles. The third-order valence-electron chi connectivity index (χ3n) is 3.08. The Bertz CT molecular complexity index is 477. The largest absolute Gasteiger partial charge is 0.478 e. The zero-order valence-electron chi connectivity index (χ0n) is 9.86. The summed E-state index contributed by atoms with van der Waals surface area (Å²) in [6.07, 6.45) is 1.07. The minimum Gasteiger partial charge on any atom is -0.478 e. The van der Waals surface area contributed by atoms with Gasteiger partial charge in [0.25, 0.3) is 0 Å². The van der Waals surface area contributed by atoms with Crippen molar-refractivity contribution >= 4 is 11.8 Å². The topological polar surface area (TPSA) is 57.6 Å². The number of carboxylic acid groups (broad SMARTS) is 1. The molecule has 0 spiro atoms. The van der Waals surface area contributed by atoms with Crippen molar-refractivity contribution in [2.24, 2.45) is 0 Å². The highest BCUT2D eigenvalue weighted by atomic mass is 19.1. The summed E-state index contributed by atoms with van der Waals surface area (Å²) < 4.78 is 13.5. The second-order valence-corrected chi connectivity index (χ2v) is 4.43. The number of halogens is 1. The fourth-order valence-electron chi connectivity index (χ4n) is 2.05. The Morgan fingerprint density at radius 2 is 2.00 bits per heavy atom. The van der Waals surface area contributed by atoms with E-state index in [4.69, 9.17) is 5.11 Å². The van der Waals surface area contributed by atoms with E-state index in [9.17, 15) is 14.0 Å². The number of carbonyl (C=O) groups is 2. The Morgan fingerprint density at radius 3 is 2.56 bits per heavy atom. The number of nitrogens with zero attached hydrogens (tertiary/aromatic N) is 1. The van der Waals surface area contributed by atoms with Crippen LogP contribution in [0.2, 0.25) is 0 Å². The minimum atomic E-state index is -1.26. The average molecular weight is 251 g/mol. The molecule has 96 valence electrons. The van der Waals surface area contributed by atoms with Crippen molar-refractivity contribution in [2.45, 2.75) is 19.4 Å². The molecule has 1 aliphatic heterocycles. The van der Waals surface area contributed by atoms with Crippen molar-refractivity contribution < 1.29 is 19.1 Å². The van der Waals surface area contributed by atoms with E-state index in [0.717, 1.165) is 5.56 Å². The van der Waals surface area contributed by atoms with Gasteiger partial charge in [0.2, 0.25) is 0 Å². The van der Waals surface area contributed by atoms with Gasteiger partial charge >= 0.3 is 5.97 Å². The van der Waals surface area contributed by atoms with Gasteiger partial charge in [0.1, 0.15) is 11.6 Å². The van der Waals surface area contributed by atoms with Gasteiger partial charge in [-0.05, 0) is 17.7 Å². The SMILES string of the molecule is O=C1CCN(Cc2ccc(C(=O)O)c(F)c2)CC1. The quantitative estimate of drug-likeness (QED) is 0.888. The fraction of sp³-hybridized carbons (Fsp3) is 0.385. The predicted octanol–water partition coefficient (Wildman–Crippen LogP) is 1.69. The number of hydrogen-bond donors (Lipinski definition) is 1. The highest BCUT2D eigenvalue weighted by Gasteiger charge is 2.17. The first-order valence-corrected chi connectivity index (χ1v) is 5.82. The lowest BCUT2D eigenvalue weighted by Crippen LogP contribution is -2.33. The monoisotopic (exact) mass is 251 g/mol. The van der Waals surface area contributed by atoms with Gasteiger partial charge < -0.3 is 5.11 Å². The van der Waals surface area contributed by atoms with Crippen molar-refractivity contribution in [3.05, 3.63) is 35.1 Å². The molecule has 18 heavy (non-hydrogen) atoms. The van der Waals surface area contributed by atoms with Crippen molar-refractivity contribution in [1.82, 2.24) is 4.90 Å². The summed E-state index contributed by atoms with van der Waals surface area (Å²) >= 11 is 0. The molecule has 1 saturated heterocycles. The van der Waals surface area contributed by atoms with Crippen molar-refractivity contribution in [3.8, 4) is 0 Å². The van der Waals surface area contributed by atoms with Gasteiger partial charge in [-0.1, -0.05) is 6.07 Å². The molecule has 0 radical (unpaired) electrons. The van der Waals surface area contributed by atoms with Crippen LogP contribution in [0.15, 0.2) is 18.2 Å². The normalized spacial score (nSPS) is 16.8. The van der Waals surface area contributed by atoms with Crippen LogP contribution < -0.4 is 0 Å². The lowest BCUT2D eigenvalue weighted by Gasteiger charge is -2.25. The van der Waals surface area contributed by atoms with Crippen LogP contribution in [0.5, 0.6) is 0 Å². The fourth-order valence-corrected chi connectivity index (χ4v) is 2.05. The molecule has 1 heterocycles. The molecule has 1 N–H and O–H groups in total. The van der Waals surface area contributed by atoms with E-state index in [1.165, 1.54) is 12.1 Å². The number of ketones is 1. The van der Waals surface area contributed by atoms with Crippen LogP contribution in [0, 0.1) is 5.82 Å². The Morgan fingerprint density at radius 1 is 1.33 bits per heavy atom. The number of benzene rings is 1. The summed E-state index contributed by atoms with van der Waals surface area (Å²) in [5, 5.41) is 8.72. The second-order valence-electron chi connectivity index (χ2n) is 4.43. The van der Waals surface area contributed by atoms with Gasteiger partial charge in [-0.2, -0.15) is 0 Å². The van der Waals surface area contributed by atoms with Crippen LogP contribution in [0.1, 0.15) is 28.8 Å². The molecule has 5 heteroatoms. The van der Waals surface area contributed by atoms with E-state index in [1.54, 1.807) is 6.07 Å². The van der Waals surface area contributed by atoms with E-state index in [-0.39, 0.29) is 11.3 Å². The molecule has 1 aliphatic rings. The zero-order chi connectivity index (χ0) is 13.1. The number of carbonyl (C=O) groups excluding carboxylic acids is 1. The smallest absolute Gasteiger partial charge is 0.338 e.